The molecular formula is C27H29FN2O7S. The normalized spacial score (nSPS) is 14.8. The van der Waals surface area contributed by atoms with E-state index in [-0.39, 0.29) is 42.6 Å². The zero-order chi connectivity index (χ0) is 27.5. The number of halogens is 1. The summed E-state index contributed by atoms with van der Waals surface area (Å²) in [7, 11) is -4.30. The summed E-state index contributed by atoms with van der Waals surface area (Å²) in [5.74, 6) is -1.68. The van der Waals surface area contributed by atoms with E-state index in [1.807, 2.05) is 35.1 Å². The van der Waals surface area contributed by atoms with E-state index in [1.54, 1.807) is 32.9 Å². The predicted molar refractivity (Wildman–Crippen MR) is 140 cm³/mol. The maximum atomic E-state index is 16.0. The van der Waals surface area contributed by atoms with Gasteiger partial charge in [-0.05, 0) is 56.3 Å². The van der Waals surface area contributed by atoms with Crippen LogP contribution in [0, 0.1) is 11.2 Å². The van der Waals surface area contributed by atoms with Gasteiger partial charge in [-0.2, -0.15) is 8.42 Å². The number of amides is 1. The third-order valence-corrected chi connectivity index (χ3v) is 7.50. The quantitative estimate of drug-likeness (QED) is 0.383. The van der Waals surface area contributed by atoms with Crippen molar-refractivity contribution in [1.29, 1.82) is 0 Å². The molecule has 1 heterocycles. The lowest BCUT2D eigenvalue weighted by Crippen LogP contribution is -2.30. The third kappa shape index (κ3) is 5.83. The predicted octanol–water partition coefficient (Wildman–Crippen LogP) is 4.10. The number of nitrogens with one attached hydrogen (secondary N) is 1. The average Bonchev–Trinajstić information content (AvgIpc) is 3.15. The Labute approximate surface area is 220 Å². The first-order valence-corrected chi connectivity index (χ1v) is 13.5. The van der Waals surface area contributed by atoms with E-state index >= 15 is 4.39 Å². The van der Waals surface area contributed by atoms with Gasteiger partial charge in [0.2, 0.25) is 0 Å². The number of fused-ring (bicyclic) bond motifs is 1. The van der Waals surface area contributed by atoms with Gasteiger partial charge < -0.3 is 14.2 Å². The average molecular weight is 545 g/mol. The Balaban J connectivity index is 1.66. The van der Waals surface area contributed by atoms with Crippen molar-refractivity contribution in [3.8, 4) is 11.5 Å². The highest BCUT2D eigenvalue weighted by atomic mass is 32.2. The molecule has 0 atom stereocenters. The Morgan fingerprint density at radius 1 is 1.11 bits per heavy atom. The fraction of sp³-hybridized carbons (Fsp3) is 0.333. The van der Waals surface area contributed by atoms with Crippen molar-refractivity contribution in [2.45, 2.75) is 33.8 Å². The molecule has 1 aliphatic rings. The number of esters is 1. The molecule has 0 saturated carbocycles. The van der Waals surface area contributed by atoms with E-state index in [1.165, 1.54) is 12.1 Å². The van der Waals surface area contributed by atoms with Crippen molar-refractivity contribution < 1.29 is 36.6 Å². The molecule has 0 spiro atoms. The maximum Gasteiger partial charge on any atom is 0.326 e. The van der Waals surface area contributed by atoms with E-state index in [0.29, 0.717) is 21.9 Å². The van der Waals surface area contributed by atoms with Crippen LogP contribution in [-0.4, -0.2) is 40.1 Å². The van der Waals surface area contributed by atoms with Crippen LogP contribution < -0.4 is 18.5 Å². The van der Waals surface area contributed by atoms with Crippen LogP contribution in [0.15, 0.2) is 54.6 Å². The van der Waals surface area contributed by atoms with E-state index in [0.717, 1.165) is 5.56 Å². The Hall–Kier alpha value is -3.86. The van der Waals surface area contributed by atoms with Crippen molar-refractivity contribution in [2.24, 2.45) is 5.41 Å². The van der Waals surface area contributed by atoms with Gasteiger partial charge in [-0.1, -0.05) is 36.4 Å². The van der Waals surface area contributed by atoms with Crippen molar-refractivity contribution >= 4 is 38.5 Å². The van der Waals surface area contributed by atoms with Crippen molar-refractivity contribution in [3.63, 3.8) is 0 Å². The number of carbonyl (C=O) groups is 2. The zero-order valence-corrected chi connectivity index (χ0v) is 22.1. The van der Waals surface area contributed by atoms with Crippen LogP contribution in [0.3, 0.4) is 0 Å². The lowest BCUT2D eigenvalue weighted by molar-refractivity contribution is -0.154. The molecule has 1 saturated heterocycles. The lowest BCUT2D eigenvalue weighted by atomic mass is 9.90. The molecule has 1 fully saturated rings. The minimum atomic E-state index is -4.30. The second-order valence-corrected chi connectivity index (χ2v) is 11.0. The fourth-order valence-corrected chi connectivity index (χ4v) is 5.12. The van der Waals surface area contributed by atoms with Crippen molar-refractivity contribution in [3.05, 3.63) is 66.0 Å². The Bertz CT molecular complexity index is 1460. The largest absolute Gasteiger partial charge is 0.494 e. The van der Waals surface area contributed by atoms with Gasteiger partial charge in [0, 0.05) is 5.39 Å². The zero-order valence-electron chi connectivity index (χ0n) is 21.3. The molecule has 0 radical (unpaired) electrons. The number of hydrogen-bond acceptors (Lipinski definition) is 7. The van der Waals surface area contributed by atoms with E-state index in [2.05, 4.69) is 0 Å². The van der Waals surface area contributed by atoms with Crippen LogP contribution >= 0.6 is 0 Å². The molecule has 0 aromatic heterocycles. The van der Waals surface area contributed by atoms with Gasteiger partial charge in [0.25, 0.3) is 5.91 Å². The minimum absolute atomic E-state index is 0.0243. The second kappa shape index (κ2) is 10.9. The third-order valence-electron chi connectivity index (χ3n) is 6.12. The molecule has 3 aromatic rings. The van der Waals surface area contributed by atoms with Crippen molar-refractivity contribution in [2.75, 3.05) is 24.1 Å². The first-order chi connectivity index (χ1) is 18.0. The lowest BCUT2D eigenvalue weighted by Gasteiger charge is -2.22. The molecule has 202 valence electrons. The SMILES string of the molecule is CCOC(=O)C(C)(C)CCOc1ccc2cc(OCc3ccccc3)c(N3CC(=O)NS3(=O)=O)c(F)c2c1. The number of hydrogen-bond donors (Lipinski definition) is 1. The summed E-state index contributed by atoms with van der Waals surface area (Å²) in [6, 6.07) is 15.4. The van der Waals surface area contributed by atoms with Crippen LogP contribution in [0.4, 0.5) is 10.1 Å². The standard InChI is InChI=1S/C27H29FN2O7S/c1-4-35-26(32)27(2,3)12-13-36-20-11-10-19-14-22(37-17-18-8-6-5-7-9-18)25(24(28)21(19)15-20)30-16-23(31)29-38(30,33)34/h5-11,14-15H,4,12-13,16-17H2,1-3H3,(H,29,31). The molecule has 38 heavy (non-hydrogen) atoms. The summed E-state index contributed by atoms with van der Waals surface area (Å²) in [6.45, 7) is 5.17. The highest BCUT2D eigenvalue weighted by molar-refractivity contribution is 7.92. The summed E-state index contributed by atoms with van der Waals surface area (Å²) >= 11 is 0. The summed E-state index contributed by atoms with van der Waals surface area (Å²) in [5.41, 5.74) is -0.334. The number of anilines is 1. The summed E-state index contributed by atoms with van der Waals surface area (Å²) in [4.78, 5) is 24.0. The van der Waals surface area contributed by atoms with Gasteiger partial charge in [-0.25, -0.2) is 13.4 Å². The molecular weight excluding hydrogens is 515 g/mol. The number of carbonyl (C=O) groups excluding carboxylic acids is 2. The van der Waals surface area contributed by atoms with Gasteiger partial charge >= 0.3 is 16.2 Å². The second-order valence-electron chi connectivity index (χ2n) is 9.43. The molecule has 0 bridgehead atoms. The maximum absolute atomic E-state index is 16.0. The van der Waals surface area contributed by atoms with Gasteiger partial charge in [0.05, 0.1) is 18.6 Å². The van der Waals surface area contributed by atoms with E-state index < -0.39 is 33.9 Å². The molecule has 0 aliphatic carbocycles. The number of nitrogens with zero attached hydrogens (tertiary/aromatic N) is 1. The summed E-state index contributed by atoms with van der Waals surface area (Å²) in [5, 5.41) is 0.535. The molecule has 1 amide bonds. The van der Waals surface area contributed by atoms with Crippen LogP contribution in [0.5, 0.6) is 11.5 Å². The summed E-state index contributed by atoms with van der Waals surface area (Å²) < 4.78 is 60.5. The van der Waals surface area contributed by atoms with Crippen molar-refractivity contribution in [1.82, 2.24) is 4.72 Å². The number of rotatable bonds is 10. The van der Waals surface area contributed by atoms with Gasteiger partial charge in [0.15, 0.2) is 5.82 Å². The first-order valence-electron chi connectivity index (χ1n) is 12.1. The fourth-order valence-electron chi connectivity index (χ4n) is 3.96. The molecule has 11 heteroatoms. The molecule has 0 unspecified atom stereocenters. The highest BCUT2D eigenvalue weighted by Crippen LogP contribution is 2.40. The monoisotopic (exact) mass is 544 g/mol. The smallest absolute Gasteiger partial charge is 0.326 e. The highest BCUT2D eigenvalue weighted by Gasteiger charge is 2.38. The van der Waals surface area contributed by atoms with E-state index in [9.17, 15) is 18.0 Å². The Morgan fingerprint density at radius 2 is 1.84 bits per heavy atom. The number of ether oxygens (including phenoxy) is 3. The van der Waals surface area contributed by atoms with Crippen LogP contribution in [0.1, 0.15) is 32.8 Å². The minimum Gasteiger partial charge on any atom is -0.494 e. The number of benzene rings is 3. The van der Waals surface area contributed by atoms with Gasteiger partial charge in [0.1, 0.15) is 30.3 Å². The topological polar surface area (TPSA) is 111 Å². The van der Waals surface area contributed by atoms with Crippen LogP contribution in [0.2, 0.25) is 0 Å². The summed E-state index contributed by atoms with van der Waals surface area (Å²) in [6.07, 6.45) is 0.365. The molecule has 4 rings (SSSR count). The Kier molecular flexibility index (Phi) is 7.77. The Morgan fingerprint density at radius 3 is 2.50 bits per heavy atom. The first kappa shape index (κ1) is 27.2. The van der Waals surface area contributed by atoms with Gasteiger partial charge in [-0.15, -0.1) is 0 Å². The molecule has 1 N–H and O–H groups in total. The molecule has 3 aromatic carbocycles. The van der Waals surface area contributed by atoms with Crippen LogP contribution in [-0.2, 0) is 31.1 Å². The molecule has 9 nitrogen and oxygen atoms in total. The van der Waals surface area contributed by atoms with E-state index in [4.69, 9.17) is 14.2 Å². The molecule has 1 aliphatic heterocycles. The van der Waals surface area contributed by atoms with Crippen LogP contribution in [0.25, 0.3) is 10.8 Å². The van der Waals surface area contributed by atoms with Gasteiger partial charge in [-0.3, -0.25) is 9.59 Å².